The van der Waals surface area contributed by atoms with E-state index in [9.17, 15) is 18.0 Å². The zero-order valence-electron chi connectivity index (χ0n) is 11.7. The van der Waals surface area contributed by atoms with Gasteiger partial charge in [0, 0.05) is 0 Å². The summed E-state index contributed by atoms with van der Waals surface area (Å²) in [6, 6.07) is 4.46. The van der Waals surface area contributed by atoms with Crippen LogP contribution < -0.4 is 11.1 Å². The molecule has 1 rings (SSSR count). The zero-order chi connectivity index (χ0) is 15.6. The van der Waals surface area contributed by atoms with Crippen LogP contribution in [-0.4, -0.2) is 12.5 Å². The number of hydrogen-bond donors (Lipinski definition) is 2. The molecule has 0 aliphatic carbocycles. The van der Waals surface area contributed by atoms with E-state index in [1.807, 2.05) is 13.8 Å². The first kappa shape index (κ1) is 16.5. The minimum atomic E-state index is -4.40. The van der Waals surface area contributed by atoms with E-state index in [0.29, 0.717) is 12.1 Å². The largest absolute Gasteiger partial charge is 0.416 e. The number of carbonyl (C=O) groups excluding carboxylic acids is 1. The lowest BCUT2D eigenvalue weighted by Crippen LogP contribution is -2.51. The smallest absolute Gasteiger partial charge is 0.368 e. The molecule has 1 unspecified atom stereocenters. The zero-order valence-corrected chi connectivity index (χ0v) is 11.7. The van der Waals surface area contributed by atoms with Crippen LogP contribution in [0.25, 0.3) is 0 Å². The number of nitrogens with one attached hydrogen (secondary N) is 1. The molecule has 0 spiro atoms. The highest BCUT2D eigenvalue weighted by Crippen LogP contribution is 2.31. The molecule has 1 aromatic rings. The van der Waals surface area contributed by atoms with Crippen LogP contribution >= 0.6 is 0 Å². The Morgan fingerprint density at radius 3 is 2.00 bits per heavy atom. The van der Waals surface area contributed by atoms with Gasteiger partial charge in [-0.05, 0) is 37.1 Å². The van der Waals surface area contributed by atoms with Gasteiger partial charge in [-0.2, -0.15) is 13.2 Å². The van der Waals surface area contributed by atoms with Gasteiger partial charge in [0.25, 0.3) is 0 Å². The third kappa shape index (κ3) is 3.72. The topological polar surface area (TPSA) is 55.1 Å². The second-order valence-corrected chi connectivity index (χ2v) is 5.34. The van der Waals surface area contributed by atoms with Crippen molar-refractivity contribution >= 4 is 5.91 Å². The molecule has 0 saturated carbocycles. The van der Waals surface area contributed by atoms with Gasteiger partial charge < -0.3 is 5.73 Å². The molecule has 3 nitrogen and oxygen atoms in total. The van der Waals surface area contributed by atoms with Crippen LogP contribution in [0.15, 0.2) is 24.3 Å². The van der Waals surface area contributed by atoms with Crippen molar-refractivity contribution in [2.24, 2.45) is 11.7 Å². The average molecular weight is 288 g/mol. The first-order valence-electron chi connectivity index (χ1n) is 6.30. The van der Waals surface area contributed by atoms with Gasteiger partial charge >= 0.3 is 6.18 Å². The first-order chi connectivity index (χ1) is 9.07. The molecule has 20 heavy (non-hydrogen) atoms. The number of benzene rings is 1. The molecule has 0 aliphatic rings. The number of nitrogens with two attached hydrogens (primary N) is 1. The number of amides is 1. The summed E-state index contributed by atoms with van der Waals surface area (Å²) in [4.78, 5) is 11.7. The van der Waals surface area contributed by atoms with Gasteiger partial charge in [0.15, 0.2) is 0 Å². The quantitative estimate of drug-likeness (QED) is 0.875. The number of carbonyl (C=O) groups is 1. The van der Waals surface area contributed by atoms with Crippen molar-refractivity contribution in [2.75, 3.05) is 6.54 Å². The number of hydrogen-bond acceptors (Lipinski definition) is 2. The van der Waals surface area contributed by atoms with Gasteiger partial charge in [-0.3, -0.25) is 10.1 Å². The molecular formula is C14H19F3N2O. The Morgan fingerprint density at radius 2 is 1.65 bits per heavy atom. The molecule has 112 valence electrons. The van der Waals surface area contributed by atoms with Crippen LogP contribution in [0.3, 0.4) is 0 Å². The maximum Gasteiger partial charge on any atom is 0.416 e. The number of alkyl halides is 3. The Kier molecular flexibility index (Phi) is 4.81. The van der Waals surface area contributed by atoms with E-state index in [0.717, 1.165) is 12.1 Å². The molecule has 1 amide bonds. The highest BCUT2D eigenvalue weighted by molar-refractivity contribution is 5.85. The summed E-state index contributed by atoms with van der Waals surface area (Å²) in [7, 11) is 0. The van der Waals surface area contributed by atoms with Crippen LogP contribution in [0.5, 0.6) is 0 Å². The van der Waals surface area contributed by atoms with E-state index >= 15 is 0 Å². The van der Waals surface area contributed by atoms with Crippen molar-refractivity contribution in [2.45, 2.75) is 32.5 Å². The average Bonchev–Trinajstić information content (AvgIpc) is 2.34. The Balaban J connectivity index is 3.07. The van der Waals surface area contributed by atoms with Crippen molar-refractivity contribution in [1.82, 2.24) is 5.32 Å². The summed E-state index contributed by atoms with van der Waals surface area (Å²) in [5, 5.41) is 3.01. The lowest BCUT2D eigenvalue weighted by atomic mass is 9.90. The summed E-state index contributed by atoms with van der Waals surface area (Å²) in [5.41, 5.74) is 3.87. The first-order valence-corrected chi connectivity index (χ1v) is 6.30. The third-order valence-corrected chi connectivity index (χ3v) is 3.15. The summed E-state index contributed by atoms with van der Waals surface area (Å²) < 4.78 is 37.6. The van der Waals surface area contributed by atoms with Crippen LogP contribution in [0.1, 0.15) is 31.9 Å². The molecule has 0 saturated heterocycles. The van der Waals surface area contributed by atoms with Crippen LogP contribution in [-0.2, 0) is 16.5 Å². The van der Waals surface area contributed by atoms with E-state index < -0.39 is 23.2 Å². The minimum absolute atomic E-state index is 0.281. The van der Waals surface area contributed by atoms with Gasteiger partial charge in [-0.25, -0.2) is 0 Å². The number of primary amides is 1. The molecular weight excluding hydrogens is 269 g/mol. The molecule has 1 aromatic carbocycles. The number of rotatable bonds is 5. The normalized spacial score (nSPS) is 15.2. The standard InChI is InChI=1S/C14H19F3N2O/c1-9(2)8-19-13(3,12(18)20)10-4-6-11(7-5-10)14(15,16)17/h4-7,9,19H,8H2,1-3H3,(H2,18,20). The van der Waals surface area contributed by atoms with Crippen LogP contribution in [0.2, 0.25) is 0 Å². The predicted molar refractivity (Wildman–Crippen MR) is 70.8 cm³/mol. The second-order valence-electron chi connectivity index (χ2n) is 5.34. The SMILES string of the molecule is CC(C)CNC(C)(C(N)=O)c1ccc(C(F)(F)F)cc1. The van der Waals surface area contributed by atoms with Crippen molar-refractivity contribution in [1.29, 1.82) is 0 Å². The monoisotopic (exact) mass is 288 g/mol. The predicted octanol–water partition coefficient (Wildman–Crippen LogP) is 2.65. The van der Waals surface area contributed by atoms with Crippen LogP contribution in [0.4, 0.5) is 13.2 Å². The lowest BCUT2D eigenvalue weighted by Gasteiger charge is -2.29. The van der Waals surface area contributed by atoms with E-state index in [1.165, 1.54) is 12.1 Å². The van der Waals surface area contributed by atoms with Gasteiger partial charge in [0.05, 0.1) is 5.56 Å². The fourth-order valence-electron chi connectivity index (χ4n) is 1.73. The molecule has 1 atom stereocenters. The van der Waals surface area contributed by atoms with Crippen molar-refractivity contribution in [3.05, 3.63) is 35.4 Å². The van der Waals surface area contributed by atoms with Gasteiger partial charge in [-0.1, -0.05) is 26.0 Å². The summed E-state index contributed by atoms with van der Waals surface area (Å²) >= 11 is 0. The molecule has 0 bridgehead atoms. The fraction of sp³-hybridized carbons (Fsp3) is 0.500. The fourth-order valence-corrected chi connectivity index (χ4v) is 1.73. The Hall–Kier alpha value is -1.56. The van der Waals surface area contributed by atoms with Gasteiger partial charge in [0.2, 0.25) is 5.91 Å². The Morgan fingerprint density at radius 1 is 1.20 bits per heavy atom. The van der Waals surface area contributed by atoms with Crippen LogP contribution in [0, 0.1) is 5.92 Å². The van der Waals surface area contributed by atoms with Gasteiger partial charge in [0.1, 0.15) is 5.54 Å². The van der Waals surface area contributed by atoms with E-state index in [2.05, 4.69) is 5.32 Å². The maximum atomic E-state index is 12.5. The van der Waals surface area contributed by atoms with E-state index in [-0.39, 0.29) is 5.92 Å². The van der Waals surface area contributed by atoms with E-state index in [4.69, 9.17) is 5.73 Å². The van der Waals surface area contributed by atoms with Gasteiger partial charge in [-0.15, -0.1) is 0 Å². The van der Waals surface area contributed by atoms with Crippen molar-refractivity contribution < 1.29 is 18.0 Å². The lowest BCUT2D eigenvalue weighted by molar-refractivity contribution is -0.137. The van der Waals surface area contributed by atoms with Crippen molar-refractivity contribution in [3.63, 3.8) is 0 Å². The van der Waals surface area contributed by atoms with Crippen molar-refractivity contribution in [3.8, 4) is 0 Å². The summed E-state index contributed by atoms with van der Waals surface area (Å²) in [6.45, 7) is 6.02. The Labute approximate surface area is 116 Å². The summed E-state index contributed by atoms with van der Waals surface area (Å²) in [5.74, 6) is -0.346. The molecule has 0 aromatic heterocycles. The highest BCUT2D eigenvalue weighted by Gasteiger charge is 2.35. The Bertz CT molecular complexity index is 468. The molecule has 6 heteroatoms. The summed E-state index contributed by atoms with van der Waals surface area (Å²) in [6.07, 6.45) is -4.40. The molecule has 0 heterocycles. The molecule has 0 aliphatic heterocycles. The second kappa shape index (κ2) is 5.83. The molecule has 0 radical (unpaired) electrons. The third-order valence-electron chi connectivity index (χ3n) is 3.15. The highest BCUT2D eigenvalue weighted by atomic mass is 19.4. The minimum Gasteiger partial charge on any atom is -0.368 e. The molecule has 3 N–H and O–H groups in total. The van der Waals surface area contributed by atoms with E-state index in [1.54, 1.807) is 6.92 Å². The molecule has 0 fully saturated rings. The maximum absolute atomic E-state index is 12.5. The number of halogens is 3.